The SMILES string of the molecule is C=C(C)C(=O)OC1C2CC3CC1CC(OCC(=O)OC(C)OC1CCCCC1)(C3)C2. The summed E-state index contributed by atoms with van der Waals surface area (Å²) >= 11 is 0. The first kappa shape index (κ1) is 21.8. The zero-order chi connectivity index (χ0) is 21.3. The summed E-state index contributed by atoms with van der Waals surface area (Å²) in [5, 5.41) is 0. The third kappa shape index (κ3) is 4.91. The molecule has 0 saturated heterocycles. The van der Waals surface area contributed by atoms with Gasteiger partial charge in [-0.3, -0.25) is 0 Å². The molecule has 168 valence electrons. The van der Waals surface area contributed by atoms with Gasteiger partial charge in [-0.05, 0) is 76.5 Å². The molecule has 5 saturated carbocycles. The average Bonchev–Trinajstić information content (AvgIpc) is 2.69. The van der Waals surface area contributed by atoms with Crippen LogP contribution in [0.1, 0.15) is 78.1 Å². The van der Waals surface area contributed by atoms with Crippen molar-refractivity contribution in [2.75, 3.05) is 6.61 Å². The molecule has 0 N–H and O–H groups in total. The Morgan fingerprint density at radius 3 is 2.37 bits per heavy atom. The van der Waals surface area contributed by atoms with Crippen LogP contribution in [0.3, 0.4) is 0 Å². The lowest BCUT2D eigenvalue weighted by atomic mass is 9.53. The Morgan fingerprint density at radius 2 is 1.73 bits per heavy atom. The lowest BCUT2D eigenvalue weighted by Gasteiger charge is -2.58. The second-order valence-corrected chi connectivity index (χ2v) is 10.0. The van der Waals surface area contributed by atoms with Gasteiger partial charge in [0.2, 0.25) is 6.29 Å². The molecule has 0 aromatic heterocycles. The summed E-state index contributed by atoms with van der Waals surface area (Å²) in [4.78, 5) is 24.4. The minimum absolute atomic E-state index is 0.0409. The highest BCUT2D eigenvalue weighted by Gasteiger charge is 2.57. The minimum Gasteiger partial charge on any atom is -0.458 e. The molecule has 0 amide bonds. The third-order valence-electron chi connectivity index (χ3n) is 7.45. The fourth-order valence-electron chi connectivity index (χ4n) is 6.43. The molecule has 0 aromatic rings. The van der Waals surface area contributed by atoms with Crippen molar-refractivity contribution in [3.8, 4) is 0 Å². The first-order valence-corrected chi connectivity index (χ1v) is 11.7. The van der Waals surface area contributed by atoms with Gasteiger partial charge >= 0.3 is 11.9 Å². The molecule has 0 aromatic carbocycles. The van der Waals surface area contributed by atoms with E-state index in [2.05, 4.69) is 6.58 Å². The highest BCUT2D eigenvalue weighted by molar-refractivity contribution is 5.87. The molecule has 5 fully saturated rings. The number of rotatable bonds is 8. The molecule has 5 aliphatic carbocycles. The topological polar surface area (TPSA) is 71.1 Å². The molecule has 0 aliphatic heterocycles. The summed E-state index contributed by atoms with van der Waals surface area (Å²) in [6, 6.07) is 0. The first-order valence-electron chi connectivity index (χ1n) is 11.7. The summed E-state index contributed by atoms with van der Waals surface area (Å²) in [6.07, 6.45) is 10.2. The molecule has 3 unspecified atom stereocenters. The summed E-state index contributed by atoms with van der Waals surface area (Å²) in [7, 11) is 0. The fourth-order valence-corrected chi connectivity index (χ4v) is 6.43. The molecular formula is C24H36O6. The quantitative estimate of drug-likeness (QED) is 0.331. The van der Waals surface area contributed by atoms with Crippen LogP contribution in [0.4, 0.5) is 0 Å². The van der Waals surface area contributed by atoms with Crippen LogP contribution >= 0.6 is 0 Å². The van der Waals surface area contributed by atoms with Gasteiger partial charge in [-0.15, -0.1) is 0 Å². The smallest absolute Gasteiger partial charge is 0.334 e. The van der Waals surface area contributed by atoms with Crippen LogP contribution < -0.4 is 0 Å². The van der Waals surface area contributed by atoms with Gasteiger partial charge in [0.05, 0.1) is 11.7 Å². The van der Waals surface area contributed by atoms with Crippen LogP contribution in [0.2, 0.25) is 0 Å². The van der Waals surface area contributed by atoms with Gasteiger partial charge in [-0.25, -0.2) is 9.59 Å². The van der Waals surface area contributed by atoms with Gasteiger partial charge in [-0.1, -0.05) is 25.8 Å². The van der Waals surface area contributed by atoms with Crippen molar-refractivity contribution in [3.63, 3.8) is 0 Å². The summed E-state index contributed by atoms with van der Waals surface area (Å²) < 4.78 is 23.3. The highest BCUT2D eigenvalue weighted by atomic mass is 16.7. The van der Waals surface area contributed by atoms with Gasteiger partial charge in [0.15, 0.2) is 0 Å². The monoisotopic (exact) mass is 420 g/mol. The van der Waals surface area contributed by atoms with E-state index < -0.39 is 6.29 Å². The molecular weight excluding hydrogens is 384 g/mol. The van der Waals surface area contributed by atoms with Crippen LogP contribution in [-0.2, 0) is 28.5 Å². The van der Waals surface area contributed by atoms with Crippen molar-refractivity contribution in [1.29, 1.82) is 0 Å². The van der Waals surface area contributed by atoms with E-state index in [-0.39, 0.29) is 36.4 Å². The molecule has 0 radical (unpaired) electrons. The lowest BCUT2D eigenvalue weighted by molar-refractivity contribution is -0.222. The van der Waals surface area contributed by atoms with Crippen LogP contribution in [0.15, 0.2) is 12.2 Å². The second-order valence-electron chi connectivity index (χ2n) is 10.0. The fraction of sp³-hybridized carbons (Fsp3) is 0.833. The van der Waals surface area contributed by atoms with Crippen molar-refractivity contribution in [2.45, 2.75) is 102 Å². The van der Waals surface area contributed by atoms with Crippen LogP contribution in [0, 0.1) is 17.8 Å². The maximum absolute atomic E-state index is 12.4. The maximum atomic E-state index is 12.4. The van der Waals surface area contributed by atoms with E-state index in [1.807, 2.05) is 0 Å². The van der Waals surface area contributed by atoms with Crippen LogP contribution in [-0.4, -0.2) is 42.6 Å². The first-order chi connectivity index (χ1) is 14.3. The normalized spacial score (nSPS) is 36.3. The number of hydrogen-bond acceptors (Lipinski definition) is 6. The van der Waals surface area contributed by atoms with Crippen molar-refractivity contribution >= 4 is 11.9 Å². The number of carbonyl (C=O) groups is 2. The van der Waals surface area contributed by atoms with Crippen molar-refractivity contribution < 1.29 is 28.5 Å². The predicted octanol–water partition coefficient (Wildman–Crippen LogP) is 4.31. The number of hydrogen-bond donors (Lipinski definition) is 0. The maximum Gasteiger partial charge on any atom is 0.334 e. The third-order valence-corrected chi connectivity index (χ3v) is 7.45. The largest absolute Gasteiger partial charge is 0.458 e. The Morgan fingerprint density at radius 1 is 1.07 bits per heavy atom. The van der Waals surface area contributed by atoms with Crippen LogP contribution in [0.25, 0.3) is 0 Å². The summed E-state index contributed by atoms with van der Waals surface area (Å²) in [5.41, 5.74) is 0.164. The van der Waals surface area contributed by atoms with E-state index in [0.717, 1.165) is 44.9 Å². The van der Waals surface area contributed by atoms with Crippen molar-refractivity contribution in [1.82, 2.24) is 0 Å². The van der Waals surface area contributed by atoms with Crippen molar-refractivity contribution in [3.05, 3.63) is 12.2 Å². The Hall–Kier alpha value is -1.40. The van der Waals surface area contributed by atoms with E-state index in [1.165, 1.54) is 19.3 Å². The standard InChI is InChI=1S/C24H36O6/c1-15(2)23(26)30-22-18-9-17-10-19(22)13-24(11-17,12-18)27-14-21(25)29-16(3)28-20-7-5-4-6-8-20/h16-20,22H,1,4-14H2,2-3H3. The molecule has 0 heterocycles. The second kappa shape index (κ2) is 8.99. The lowest BCUT2D eigenvalue weighted by Crippen LogP contribution is -2.59. The van der Waals surface area contributed by atoms with Gasteiger partial charge in [0.1, 0.15) is 12.7 Å². The van der Waals surface area contributed by atoms with E-state index >= 15 is 0 Å². The summed E-state index contributed by atoms with van der Waals surface area (Å²) in [5.74, 6) is 0.553. The zero-order valence-corrected chi connectivity index (χ0v) is 18.4. The molecule has 0 spiro atoms. The van der Waals surface area contributed by atoms with E-state index in [4.69, 9.17) is 18.9 Å². The Bertz CT molecular complexity index is 651. The molecule has 5 aliphatic rings. The molecule has 4 bridgehead atoms. The Labute approximate surface area is 179 Å². The number of carbonyl (C=O) groups excluding carboxylic acids is 2. The Balaban J connectivity index is 1.26. The minimum atomic E-state index is -0.536. The van der Waals surface area contributed by atoms with Gasteiger partial charge in [0.25, 0.3) is 0 Å². The predicted molar refractivity (Wildman–Crippen MR) is 110 cm³/mol. The van der Waals surface area contributed by atoms with Crippen LogP contribution in [0.5, 0.6) is 0 Å². The van der Waals surface area contributed by atoms with Gasteiger partial charge < -0.3 is 18.9 Å². The van der Waals surface area contributed by atoms with Gasteiger partial charge in [0, 0.05) is 5.57 Å². The molecule has 3 atom stereocenters. The highest BCUT2D eigenvalue weighted by Crippen LogP contribution is 2.58. The average molecular weight is 421 g/mol. The number of ether oxygens (including phenoxy) is 4. The Kier molecular flexibility index (Phi) is 6.54. The molecule has 30 heavy (non-hydrogen) atoms. The molecule has 6 nitrogen and oxygen atoms in total. The summed E-state index contributed by atoms with van der Waals surface area (Å²) in [6.45, 7) is 7.14. The molecule has 6 heteroatoms. The number of esters is 2. The van der Waals surface area contributed by atoms with Gasteiger partial charge in [-0.2, -0.15) is 0 Å². The zero-order valence-electron chi connectivity index (χ0n) is 18.4. The van der Waals surface area contributed by atoms with Crippen molar-refractivity contribution in [2.24, 2.45) is 17.8 Å². The van der Waals surface area contributed by atoms with E-state index in [1.54, 1.807) is 13.8 Å². The molecule has 5 rings (SSSR count). The van der Waals surface area contributed by atoms with E-state index in [9.17, 15) is 9.59 Å². The van der Waals surface area contributed by atoms with E-state index in [0.29, 0.717) is 23.3 Å².